The molecule has 1 aromatic heterocycles. The average molecular weight is 495 g/mol. The Bertz CT molecular complexity index is 1170. The number of aliphatic hydroxyl groups is 2. The van der Waals surface area contributed by atoms with Gasteiger partial charge in [-0.3, -0.25) is 14.5 Å². The van der Waals surface area contributed by atoms with Crippen molar-refractivity contribution in [2.45, 2.75) is 20.4 Å². The van der Waals surface area contributed by atoms with Gasteiger partial charge in [0.1, 0.15) is 5.00 Å². The molecule has 0 aliphatic heterocycles. The van der Waals surface area contributed by atoms with Gasteiger partial charge >= 0.3 is 0 Å². The Hall–Kier alpha value is -3.37. The molecular weight excluding hydrogens is 464 g/mol. The molecule has 35 heavy (non-hydrogen) atoms. The van der Waals surface area contributed by atoms with Gasteiger partial charge in [-0.15, -0.1) is 11.3 Å². The van der Waals surface area contributed by atoms with Crippen molar-refractivity contribution >= 4 is 34.4 Å². The Balaban J connectivity index is 1.68. The largest absolute Gasteiger partial charge is 0.395 e. The number of hydrazone groups is 1. The molecule has 2 aromatic carbocycles. The van der Waals surface area contributed by atoms with Crippen LogP contribution < -0.4 is 10.7 Å². The zero-order valence-electron chi connectivity index (χ0n) is 19.8. The maximum Gasteiger partial charge on any atom is 0.274 e. The summed E-state index contributed by atoms with van der Waals surface area (Å²) in [6.45, 7) is 5.12. The third kappa shape index (κ3) is 7.56. The summed E-state index contributed by atoms with van der Waals surface area (Å²) >= 11 is 1.28. The van der Waals surface area contributed by atoms with Crippen molar-refractivity contribution < 1.29 is 19.8 Å². The fraction of sp³-hybridized carbons (Fsp3) is 0.269. The molecule has 4 N–H and O–H groups in total. The van der Waals surface area contributed by atoms with E-state index in [9.17, 15) is 19.8 Å². The van der Waals surface area contributed by atoms with E-state index in [1.165, 1.54) is 11.3 Å². The number of carbonyl (C=O) groups is 2. The summed E-state index contributed by atoms with van der Waals surface area (Å²) in [5.41, 5.74) is 6.98. The lowest BCUT2D eigenvalue weighted by molar-refractivity contribution is 0.0955. The van der Waals surface area contributed by atoms with Crippen molar-refractivity contribution in [2.24, 2.45) is 5.10 Å². The lowest BCUT2D eigenvalue weighted by atomic mass is 10.1. The zero-order valence-corrected chi connectivity index (χ0v) is 20.6. The SMILES string of the molecule is Cc1ccc(C=NNC(=O)c2c(C)csc2NC(=O)c2cccc(CN(CCO)CCO)c2)cc1. The summed E-state index contributed by atoms with van der Waals surface area (Å²) in [5.74, 6) is -0.735. The molecule has 0 radical (unpaired) electrons. The van der Waals surface area contributed by atoms with E-state index < -0.39 is 5.91 Å². The minimum Gasteiger partial charge on any atom is -0.395 e. The molecule has 1 heterocycles. The highest BCUT2D eigenvalue weighted by Gasteiger charge is 2.19. The van der Waals surface area contributed by atoms with Crippen molar-refractivity contribution in [3.63, 3.8) is 0 Å². The minimum absolute atomic E-state index is 0.0161. The van der Waals surface area contributed by atoms with Crippen LogP contribution in [0.15, 0.2) is 59.0 Å². The van der Waals surface area contributed by atoms with Crippen LogP contribution >= 0.6 is 11.3 Å². The van der Waals surface area contributed by atoms with E-state index >= 15 is 0 Å². The number of aryl methyl sites for hydroxylation is 2. The van der Waals surface area contributed by atoms with Gasteiger partial charge in [0.2, 0.25) is 0 Å². The summed E-state index contributed by atoms with van der Waals surface area (Å²) in [6, 6.07) is 14.9. The second-order valence-corrected chi connectivity index (χ2v) is 8.99. The molecule has 0 saturated carbocycles. The highest BCUT2D eigenvalue weighted by molar-refractivity contribution is 7.15. The van der Waals surface area contributed by atoms with E-state index in [1.807, 2.05) is 54.5 Å². The van der Waals surface area contributed by atoms with Gasteiger partial charge in [0.05, 0.1) is 25.0 Å². The highest BCUT2D eigenvalue weighted by atomic mass is 32.1. The van der Waals surface area contributed by atoms with Crippen molar-refractivity contribution in [2.75, 3.05) is 31.6 Å². The predicted molar refractivity (Wildman–Crippen MR) is 139 cm³/mol. The minimum atomic E-state index is -0.403. The van der Waals surface area contributed by atoms with E-state index in [-0.39, 0.29) is 19.1 Å². The second-order valence-electron chi connectivity index (χ2n) is 8.11. The number of thiophene rings is 1. The van der Waals surface area contributed by atoms with Gasteiger partial charge in [0, 0.05) is 25.2 Å². The Morgan fingerprint density at radius 2 is 1.74 bits per heavy atom. The molecule has 0 unspecified atom stereocenters. The van der Waals surface area contributed by atoms with Crippen LogP contribution in [-0.2, 0) is 6.54 Å². The maximum atomic E-state index is 13.0. The number of carbonyl (C=O) groups excluding carboxylic acids is 2. The van der Waals surface area contributed by atoms with Crippen molar-refractivity contribution in [3.05, 3.63) is 87.3 Å². The Labute approximate surface area is 208 Å². The van der Waals surface area contributed by atoms with Crippen LogP contribution in [0.5, 0.6) is 0 Å². The molecule has 2 amide bonds. The highest BCUT2D eigenvalue weighted by Crippen LogP contribution is 2.28. The Kier molecular flexibility index (Phi) is 9.68. The molecule has 184 valence electrons. The van der Waals surface area contributed by atoms with Crippen LogP contribution in [0.25, 0.3) is 0 Å². The zero-order chi connectivity index (χ0) is 25.2. The van der Waals surface area contributed by atoms with Crippen molar-refractivity contribution in [1.29, 1.82) is 0 Å². The fourth-order valence-electron chi connectivity index (χ4n) is 3.49. The van der Waals surface area contributed by atoms with Gasteiger partial charge in [-0.25, -0.2) is 5.43 Å². The number of nitrogens with one attached hydrogen (secondary N) is 2. The number of amides is 2. The molecular formula is C26H30N4O4S. The van der Waals surface area contributed by atoms with Crippen LogP contribution in [0.4, 0.5) is 5.00 Å². The quantitative estimate of drug-likeness (QED) is 0.242. The molecule has 0 spiro atoms. The Morgan fingerprint density at radius 1 is 1.03 bits per heavy atom. The third-order valence-corrected chi connectivity index (χ3v) is 6.33. The molecule has 0 saturated heterocycles. The lowest BCUT2D eigenvalue weighted by Crippen LogP contribution is -2.29. The normalized spacial score (nSPS) is 11.2. The number of anilines is 1. The number of nitrogens with zero attached hydrogens (tertiary/aromatic N) is 2. The average Bonchev–Trinajstić information content (AvgIpc) is 3.20. The van der Waals surface area contributed by atoms with Gasteiger partial charge in [-0.1, -0.05) is 42.0 Å². The first-order valence-electron chi connectivity index (χ1n) is 11.2. The van der Waals surface area contributed by atoms with Crippen molar-refractivity contribution in [3.8, 4) is 0 Å². The third-order valence-electron chi connectivity index (χ3n) is 5.31. The predicted octanol–water partition coefficient (Wildman–Crippen LogP) is 3.17. The first kappa shape index (κ1) is 26.2. The van der Waals surface area contributed by atoms with Crippen LogP contribution in [0.1, 0.15) is 43.0 Å². The van der Waals surface area contributed by atoms with Crippen molar-refractivity contribution in [1.82, 2.24) is 10.3 Å². The molecule has 0 fully saturated rings. The summed E-state index contributed by atoms with van der Waals surface area (Å²) < 4.78 is 0. The summed E-state index contributed by atoms with van der Waals surface area (Å²) in [7, 11) is 0. The summed E-state index contributed by atoms with van der Waals surface area (Å²) in [4.78, 5) is 27.6. The molecule has 3 aromatic rings. The molecule has 0 bridgehead atoms. The number of benzene rings is 2. The molecule has 9 heteroatoms. The maximum absolute atomic E-state index is 13.0. The van der Waals surface area contributed by atoms with Gasteiger partial charge in [0.15, 0.2) is 0 Å². The van der Waals surface area contributed by atoms with Gasteiger partial charge in [-0.2, -0.15) is 5.10 Å². The summed E-state index contributed by atoms with van der Waals surface area (Å²) in [6.07, 6.45) is 1.57. The lowest BCUT2D eigenvalue weighted by Gasteiger charge is -2.20. The van der Waals surface area contributed by atoms with E-state index in [0.717, 1.165) is 22.3 Å². The topological polar surface area (TPSA) is 114 Å². The molecule has 3 rings (SSSR count). The number of rotatable bonds is 11. The van der Waals surface area contributed by atoms with E-state index in [4.69, 9.17) is 0 Å². The van der Waals surface area contributed by atoms with Crippen LogP contribution in [-0.4, -0.2) is 59.4 Å². The molecule has 0 aliphatic carbocycles. The van der Waals surface area contributed by atoms with E-state index in [1.54, 1.807) is 24.4 Å². The van der Waals surface area contributed by atoms with Gasteiger partial charge in [-0.05, 0) is 48.1 Å². The van der Waals surface area contributed by atoms with Crippen LogP contribution in [0.2, 0.25) is 0 Å². The van der Waals surface area contributed by atoms with Crippen LogP contribution in [0, 0.1) is 13.8 Å². The summed E-state index contributed by atoms with van der Waals surface area (Å²) in [5, 5.41) is 27.6. The first-order chi connectivity index (χ1) is 16.9. The van der Waals surface area contributed by atoms with Gasteiger partial charge in [0.25, 0.3) is 11.8 Å². The van der Waals surface area contributed by atoms with Crippen LogP contribution in [0.3, 0.4) is 0 Å². The Morgan fingerprint density at radius 3 is 2.43 bits per heavy atom. The number of aliphatic hydroxyl groups excluding tert-OH is 2. The number of hydrogen-bond acceptors (Lipinski definition) is 7. The second kappa shape index (κ2) is 12.9. The molecule has 8 nitrogen and oxygen atoms in total. The monoisotopic (exact) mass is 494 g/mol. The number of hydrogen-bond donors (Lipinski definition) is 4. The molecule has 0 atom stereocenters. The van der Waals surface area contributed by atoms with Gasteiger partial charge < -0.3 is 15.5 Å². The first-order valence-corrected chi connectivity index (χ1v) is 12.1. The standard InChI is InChI=1S/C26H30N4O4S/c1-18-6-8-20(9-7-18)15-27-29-25(34)23-19(2)17-35-26(23)28-24(33)22-5-3-4-21(14-22)16-30(10-12-31)11-13-32/h3-9,14-15,17,31-32H,10-13,16H2,1-2H3,(H,28,33)(H,29,34). The smallest absolute Gasteiger partial charge is 0.274 e. The van der Waals surface area contributed by atoms with E-state index in [0.29, 0.717) is 35.8 Å². The molecule has 0 aliphatic rings. The fourth-order valence-corrected chi connectivity index (χ4v) is 4.43. The van der Waals surface area contributed by atoms with E-state index in [2.05, 4.69) is 15.8 Å².